The molecule has 4 heterocycles. The SMILES string of the molecule is CCN1CCc2ncnc(N3CCC(n4cncn4)CC3)c2C1. The zero-order valence-electron chi connectivity index (χ0n) is 13.6. The summed E-state index contributed by atoms with van der Waals surface area (Å²) < 4.78 is 1.99. The van der Waals surface area contributed by atoms with Gasteiger partial charge in [0.15, 0.2) is 0 Å². The average Bonchev–Trinajstić information content (AvgIpc) is 3.15. The van der Waals surface area contributed by atoms with Crippen LogP contribution in [0.1, 0.15) is 37.1 Å². The maximum atomic E-state index is 4.63. The van der Waals surface area contributed by atoms with E-state index in [1.54, 1.807) is 12.7 Å². The maximum absolute atomic E-state index is 4.63. The molecule has 7 nitrogen and oxygen atoms in total. The van der Waals surface area contributed by atoms with Crippen LogP contribution < -0.4 is 4.90 Å². The van der Waals surface area contributed by atoms with Crippen LogP contribution in [0.15, 0.2) is 19.0 Å². The molecule has 0 atom stereocenters. The molecule has 0 unspecified atom stereocenters. The first-order valence-corrected chi connectivity index (χ1v) is 8.49. The van der Waals surface area contributed by atoms with Gasteiger partial charge in [0.25, 0.3) is 0 Å². The molecule has 0 saturated carbocycles. The molecule has 23 heavy (non-hydrogen) atoms. The minimum atomic E-state index is 0.457. The second-order valence-corrected chi connectivity index (χ2v) is 6.34. The van der Waals surface area contributed by atoms with E-state index >= 15 is 0 Å². The Hall–Kier alpha value is -2.02. The molecule has 7 heteroatoms. The van der Waals surface area contributed by atoms with Crippen molar-refractivity contribution >= 4 is 5.82 Å². The largest absolute Gasteiger partial charge is 0.356 e. The second kappa shape index (κ2) is 6.23. The third-order valence-corrected chi connectivity index (χ3v) is 5.08. The molecule has 122 valence electrons. The smallest absolute Gasteiger partial charge is 0.137 e. The molecular weight excluding hydrogens is 290 g/mol. The molecule has 2 aromatic heterocycles. The fourth-order valence-corrected chi connectivity index (χ4v) is 3.67. The van der Waals surface area contributed by atoms with Gasteiger partial charge in [0.2, 0.25) is 0 Å². The average molecular weight is 313 g/mol. The van der Waals surface area contributed by atoms with Crippen LogP contribution in [0, 0.1) is 0 Å². The van der Waals surface area contributed by atoms with E-state index in [-0.39, 0.29) is 0 Å². The van der Waals surface area contributed by atoms with Crippen LogP contribution >= 0.6 is 0 Å². The molecule has 0 aromatic carbocycles. The molecule has 0 spiro atoms. The van der Waals surface area contributed by atoms with Gasteiger partial charge in [0, 0.05) is 38.2 Å². The van der Waals surface area contributed by atoms with Crippen molar-refractivity contribution in [1.29, 1.82) is 0 Å². The van der Waals surface area contributed by atoms with Gasteiger partial charge in [0.05, 0.1) is 11.7 Å². The predicted molar refractivity (Wildman–Crippen MR) is 87.2 cm³/mol. The van der Waals surface area contributed by atoms with E-state index in [9.17, 15) is 0 Å². The van der Waals surface area contributed by atoms with Gasteiger partial charge in [-0.25, -0.2) is 19.6 Å². The lowest BCUT2D eigenvalue weighted by Crippen LogP contribution is -2.38. The van der Waals surface area contributed by atoms with Crippen molar-refractivity contribution in [3.8, 4) is 0 Å². The van der Waals surface area contributed by atoms with Gasteiger partial charge in [-0.05, 0) is 19.4 Å². The van der Waals surface area contributed by atoms with E-state index in [2.05, 4.69) is 36.8 Å². The van der Waals surface area contributed by atoms with E-state index in [0.717, 1.165) is 57.8 Å². The predicted octanol–water partition coefficient (Wildman–Crippen LogP) is 1.29. The Kier molecular flexibility index (Phi) is 3.95. The fourth-order valence-electron chi connectivity index (χ4n) is 3.67. The van der Waals surface area contributed by atoms with Gasteiger partial charge in [-0.3, -0.25) is 4.90 Å². The molecule has 2 aromatic rings. The molecule has 1 fully saturated rings. The highest BCUT2D eigenvalue weighted by molar-refractivity contribution is 5.49. The standard InChI is InChI=1S/C16H23N7/c1-2-21-6-5-15-14(9-21)16(19-11-18-15)22-7-3-13(4-8-22)23-12-17-10-20-23/h10-13H,2-9H2,1H3. The lowest BCUT2D eigenvalue weighted by Gasteiger charge is -2.36. The Morgan fingerprint density at radius 3 is 2.74 bits per heavy atom. The first kappa shape index (κ1) is 14.6. The number of piperidine rings is 1. The van der Waals surface area contributed by atoms with Crippen LogP contribution in [0.5, 0.6) is 0 Å². The topological polar surface area (TPSA) is 63.0 Å². The summed E-state index contributed by atoms with van der Waals surface area (Å²) in [7, 11) is 0. The summed E-state index contributed by atoms with van der Waals surface area (Å²) in [5.74, 6) is 1.14. The molecule has 1 saturated heterocycles. The summed E-state index contributed by atoms with van der Waals surface area (Å²) in [6, 6.07) is 0.457. The van der Waals surface area contributed by atoms with Crippen LogP contribution in [0.2, 0.25) is 0 Å². The third-order valence-electron chi connectivity index (χ3n) is 5.08. The van der Waals surface area contributed by atoms with E-state index in [4.69, 9.17) is 0 Å². The minimum Gasteiger partial charge on any atom is -0.356 e. The van der Waals surface area contributed by atoms with Gasteiger partial charge >= 0.3 is 0 Å². The molecule has 4 rings (SSSR count). The van der Waals surface area contributed by atoms with Crippen molar-refractivity contribution in [2.45, 2.75) is 38.8 Å². The first-order chi connectivity index (χ1) is 11.3. The highest BCUT2D eigenvalue weighted by Crippen LogP contribution is 2.30. The van der Waals surface area contributed by atoms with Crippen LogP contribution in [0.4, 0.5) is 5.82 Å². The van der Waals surface area contributed by atoms with E-state index < -0.39 is 0 Å². The van der Waals surface area contributed by atoms with E-state index in [0.29, 0.717) is 6.04 Å². The number of hydrogen-bond acceptors (Lipinski definition) is 6. The monoisotopic (exact) mass is 313 g/mol. The summed E-state index contributed by atoms with van der Waals surface area (Å²) in [4.78, 5) is 18.1. The normalized spacial score (nSPS) is 19.8. The lowest BCUT2D eigenvalue weighted by atomic mass is 10.0. The number of hydrogen-bond donors (Lipinski definition) is 0. The highest BCUT2D eigenvalue weighted by Gasteiger charge is 2.26. The zero-order chi connectivity index (χ0) is 15.6. The van der Waals surface area contributed by atoms with Crippen LogP contribution in [-0.4, -0.2) is 55.8 Å². The number of likely N-dealkylation sites (N-methyl/N-ethyl adjacent to an activating group) is 1. The van der Waals surface area contributed by atoms with Crippen molar-refractivity contribution in [3.05, 3.63) is 30.2 Å². The summed E-state index contributed by atoms with van der Waals surface area (Å²) in [6.45, 7) is 7.42. The number of fused-ring (bicyclic) bond motifs is 1. The molecule has 0 aliphatic carbocycles. The van der Waals surface area contributed by atoms with Crippen molar-refractivity contribution in [2.75, 3.05) is 31.1 Å². The van der Waals surface area contributed by atoms with Gasteiger partial charge in [-0.2, -0.15) is 5.10 Å². The van der Waals surface area contributed by atoms with Crippen molar-refractivity contribution in [3.63, 3.8) is 0 Å². The number of anilines is 1. The third kappa shape index (κ3) is 2.81. The van der Waals surface area contributed by atoms with E-state index in [1.807, 2.05) is 11.0 Å². The molecule has 0 bridgehead atoms. The zero-order valence-corrected chi connectivity index (χ0v) is 13.6. The highest BCUT2D eigenvalue weighted by atomic mass is 15.3. The molecule has 2 aliphatic heterocycles. The number of nitrogens with zero attached hydrogens (tertiary/aromatic N) is 7. The maximum Gasteiger partial charge on any atom is 0.137 e. The Bertz CT molecular complexity index is 646. The van der Waals surface area contributed by atoms with Gasteiger partial charge in [-0.15, -0.1) is 0 Å². The Balaban J connectivity index is 1.51. The first-order valence-electron chi connectivity index (χ1n) is 8.49. The van der Waals surface area contributed by atoms with Crippen molar-refractivity contribution < 1.29 is 0 Å². The van der Waals surface area contributed by atoms with Crippen LogP contribution in [-0.2, 0) is 13.0 Å². The quantitative estimate of drug-likeness (QED) is 0.851. The summed E-state index contributed by atoms with van der Waals surface area (Å²) in [6.07, 6.45) is 8.38. The van der Waals surface area contributed by atoms with Crippen molar-refractivity contribution in [2.24, 2.45) is 0 Å². The fraction of sp³-hybridized carbons (Fsp3) is 0.625. The molecular formula is C16H23N7. The van der Waals surface area contributed by atoms with Gasteiger partial charge < -0.3 is 4.90 Å². The molecule has 2 aliphatic rings. The Morgan fingerprint density at radius 1 is 1.13 bits per heavy atom. The Morgan fingerprint density at radius 2 is 2.00 bits per heavy atom. The Labute approximate surface area is 136 Å². The molecule has 0 radical (unpaired) electrons. The number of aromatic nitrogens is 5. The summed E-state index contributed by atoms with van der Waals surface area (Å²) in [5, 5.41) is 4.28. The van der Waals surface area contributed by atoms with Gasteiger partial charge in [0.1, 0.15) is 24.8 Å². The molecule has 0 amide bonds. The van der Waals surface area contributed by atoms with Crippen LogP contribution in [0.3, 0.4) is 0 Å². The molecule has 0 N–H and O–H groups in total. The van der Waals surface area contributed by atoms with Crippen LogP contribution in [0.25, 0.3) is 0 Å². The van der Waals surface area contributed by atoms with E-state index in [1.165, 1.54) is 11.3 Å². The lowest BCUT2D eigenvalue weighted by molar-refractivity contribution is 0.264. The summed E-state index contributed by atoms with van der Waals surface area (Å²) >= 11 is 0. The van der Waals surface area contributed by atoms with Gasteiger partial charge in [-0.1, -0.05) is 6.92 Å². The summed E-state index contributed by atoms with van der Waals surface area (Å²) in [5.41, 5.74) is 2.57. The second-order valence-electron chi connectivity index (χ2n) is 6.34. The number of rotatable bonds is 3. The minimum absolute atomic E-state index is 0.457. The van der Waals surface area contributed by atoms with Crippen molar-refractivity contribution in [1.82, 2.24) is 29.6 Å².